The highest BCUT2D eigenvalue weighted by Gasteiger charge is 2.14. The van der Waals surface area contributed by atoms with Crippen molar-refractivity contribution in [2.45, 2.75) is 26.7 Å². The van der Waals surface area contributed by atoms with Crippen molar-refractivity contribution in [1.29, 1.82) is 0 Å². The van der Waals surface area contributed by atoms with Crippen molar-refractivity contribution in [3.63, 3.8) is 0 Å². The minimum absolute atomic E-state index is 0.481. The number of aryl methyl sites for hydroxylation is 2. The standard InChI is InChI=1S/C18H19N3S/c1-3-13-5-7-14(8-6-13)18-15(10-16(19)22)21-11-12(2)4-9-17(21)20-18/h4-9,11H,3,10H2,1-2H3,(H2,19,22). The zero-order valence-electron chi connectivity index (χ0n) is 12.8. The molecule has 0 unspecified atom stereocenters. The van der Waals surface area contributed by atoms with E-state index in [0.717, 1.165) is 29.0 Å². The molecule has 2 heterocycles. The van der Waals surface area contributed by atoms with Crippen LogP contribution < -0.4 is 5.73 Å². The molecule has 0 bridgehead atoms. The molecule has 0 aliphatic carbocycles. The lowest BCUT2D eigenvalue weighted by Crippen LogP contribution is -2.13. The molecule has 0 saturated carbocycles. The molecule has 112 valence electrons. The Morgan fingerprint density at radius 3 is 2.55 bits per heavy atom. The number of hydrogen-bond acceptors (Lipinski definition) is 2. The zero-order chi connectivity index (χ0) is 15.7. The van der Waals surface area contributed by atoms with E-state index in [9.17, 15) is 0 Å². The molecular formula is C18H19N3S. The zero-order valence-corrected chi connectivity index (χ0v) is 13.7. The third-order valence-electron chi connectivity index (χ3n) is 3.84. The molecule has 3 rings (SSSR count). The lowest BCUT2D eigenvalue weighted by molar-refractivity contribution is 1.06. The maximum Gasteiger partial charge on any atom is 0.137 e. The molecule has 2 aromatic heterocycles. The molecule has 0 spiro atoms. The minimum atomic E-state index is 0.481. The SMILES string of the molecule is CCc1ccc(-c2nc3ccc(C)cn3c2CC(N)=S)cc1. The van der Waals surface area contributed by atoms with Gasteiger partial charge in [-0.25, -0.2) is 4.98 Å². The van der Waals surface area contributed by atoms with Crippen molar-refractivity contribution in [3.05, 3.63) is 59.4 Å². The number of hydrogen-bond donors (Lipinski definition) is 1. The molecule has 2 N–H and O–H groups in total. The Labute approximate surface area is 135 Å². The Morgan fingerprint density at radius 1 is 1.18 bits per heavy atom. The fourth-order valence-electron chi connectivity index (χ4n) is 2.66. The van der Waals surface area contributed by atoms with Crippen LogP contribution in [0.2, 0.25) is 0 Å². The normalized spacial score (nSPS) is 11.0. The lowest BCUT2D eigenvalue weighted by Gasteiger charge is -2.06. The van der Waals surface area contributed by atoms with Crippen LogP contribution in [-0.4, -0.2) is 14.4 Å². The summed E-state index contributed by atoms with van der Waals surface area (Å²) in [5, 5.41) is 0. The molecule has 0 atom stereocenters. The van der Waals surface area contributed by atoms with Gasteiger partial charge in [-0.3, -0.25) is 0 Å². The summed E-state index contributed by atoms with van der Waals surface area (Å²) in [6.45, 7) is 4.22. The van der Waals surface area contributed by atoms with Crippen LogP contribution in [-0.2, 0) is 12.8 Å². The topological polar surface area (TPSA) is 43.3 Å². The maximum absolute atomic E-state index is 5.80. The largest absolute Gasteiger partial charge is 0.393 e. The van der Waals surface area contributed by atoms with Crippen molar-refractivity contribution in [1.82, 2.24) is 9.38 Å². The molecule has 0 aliphatic heterocycles. The fourth-order valence-corrected chi connectivity index (χ4v) is 2.80. The second-order valence-corrected chi connectivity index (χ2v) is 6.06. The van der Waals surface area contributed by atoms with E-state index in [-0.39, 0.29) is 0 Å². The van der Waals surface area contributed by atoms with Gasteiger partial charge in [0.05, 0.1) is 16.4 Å². The number of benzene rings is 1. The van der Waals surface area contributed by atoms with Crippen molar-refractivity contribution < 1.29 is 0 Å². The van der Waals surface area contributed by atoms with Crippen LogP contribution in [0, 0.1) is 6.92 Å². The summed E-state index contributed by atoms with van der Waals surface area (Å²) in [6, 6.07) is 12.6. The molecule has 0 radical (unpaired) electrons. The van der Waals surface area contributed by atoms with Crippen LogP contribution in [0.1, 0.15) is 23.7 Å². The number of nitrogens with two attached hydrogens (primary N) is 1. The van der Waals surface area contributed by atoms with Crippen molar-refractivity contribution in [3.8, 4) is 11.3 Å². The fraction of sp³-hybridized carbons (Fsp3) is 0.222. The first-order chi connectivity index (χ1) is 10.6. The highest BCUT2D eigenvalue weighted by Crippen LogP contribution is 2.26. The van der Waals surface area contributed by atoms with E-state index in [2.05, 4.69) is 54.8 Å². The van der Waals surface area contributed by atoms with E-state index in [1.807, 2.05) is 6.07 Å². The smallest absolute Gasteiger partial charge is 0.137 e. The molecule has 0 fully saturated rings. The summed E-state index contributed by atoms with van der Waals surface area (Å²) in [5.74, 6) is 0. The van der Waals surface area contributed by atoms with E-state index in [1.54, 1.807) is 0 Å². The Hall–Kier alpha value is -2.20. The lowest BCUT2D eigenvalue weighted by atomic mass is 10.1. The Kier molecular flexibility index (Phi) is 3.94. The number of pyridine rings is 1. The molecule has 0 amide bonds. The summed E-state index contributed by atoms with van der Waals surface area (Å²) in [4.78, 5) is 5.26. The van der Waals surface area contributed by atoms with Gasteiger partial charge in [0.2, 0.25) is 0 Å². The number of thiocarbonyl (C=S) groups is 1. The van der Waals surface area contributed by atoms with Crippen LogP contribution in [0.15, 0.2) is 42.6 Å². The average molecular weight is 309 g/mol. The first kappa shape index (κ1) is 14.7. The van der Waals surface area contributed by atoms with Crippen LogP contribution >= 0.6 is 12.2 Å². The summed E-state index contributed by atoms with van der Waals surface area (Å²) in [6.07, 6.45) is 3.66. The van der Waals surface area contributed by atoms with Crippen LogP contribution in [0.4, 0.5) is 0 Å². The van der Waals surface area contributed by atoms with E-state index >= 15 is 0 Å². The van der Waals surface area contributed by atoms with Gasteiger partial charge in [0.15, 0.2) is 0 Å². The van der Waals surface area contributed by atoms with E-state index in [1.165, 1.54) is 11.1 Å². The second-order valence-electron chi connectivity index (χ2n) is 5.54. The molecule has 1 aromatic carbocycles. The maximum atomic E-state index is 5.80. The number of rotatable bonds is 4. The quantitative estimate of drug-likeness (QED) is 0.747. The third kappa shape index (κ3) is 2.74. The highest BCUT2D eigenvalue weighted by atomic mass is 32.1. The molecule has 0 aliphatic rings. The summed E-state index contributed by atoms with van der Waals surface area (Å²) >= 11 is 5.13. The van der Waals surface area contributed by atoms with Crippen LogP contribution in [0.25, 0.3) is 16.9 Å². The van der Waals surface area contributed by atoms with Gasteiger partial charge in [-0.2, -0.15) is 0 Å². The van der Waals surface area contributed by atoms with Crippen LogP contribution in [0.5, 0.6) is 0 Å². The van der Waals surface area contributed by atoms with Crippen molar-refractivity contribution >= 4 is 22.9 Å². The Balaban J connectivity index is 2.20. The first-order valence-electron chi connectivity index (χ1n) is 7.43. The van der Waals surface area contributed by atoms with Gasteiger partial charge in [-0.15, -0.1) is 0 Å². The van der Waals surface area contributed by atoms with Crippen LogP contribution in [0.3, 0.4) is 0 Å². The highest BCUT2D eigenvalue weighted by molar-refractivity contribution is 7.80. The summed E-state index contributed by atoms with van der Waals surface area (Å²) < 4.78 is 2.09. The van der Waals surface area contributed by atoms with Crippen molar-refractivity contribution in [2.75, 3.05) is 0 Å². The molecular weight excluding hydrogens is 290 g/mol. The van der Waals surface area contributed by atoms with Crippen molar-refractivity contribution in [2.24, 2.45) is 5.73 Å². The van der Waals surface area contributed by atoms with Gasteiger partial charge in [0.1, 0.15) is 5.65 Å². The number of aromatic nitrogens is 2. The molecule has 3 aromatic rings. The number of nitrogens with zero attached hydrogens (tertiary/aromatic N) is 2. The molecule has 3 nitrogen and oxygen atoms in total. The molecule has 0 saturated heterocycles. The van der Waals surface area contributed by atoms with E-state index < -0.39 is 0 Å². The summed E-state index contributed by atoms with van der Waals surface area (Å²) in [7, 11) is 0. The monoisotopic (exact) mass is 309 g/mol. The average Bonchev–Trinajstić information content (AvgIpc) is 2.85. The Bertz CT molecular complexity index is 831. The van der Waals surface area contributed by atoms with Gasteiger partial charge in [0, 0.05) is 18.2 Å². The van der Waals surface area contributed by atoms with Gasteiger partial charge in [-0.1, -0.05) is 49.5 Å². The minimum Gasteiger partial charge on any atom is -0.393 e. The van der Waals surface area contributed by atoms with Gasteiger partial charge < -0.3 is 10.1 Å². The molecule has 22 heavy (non-hydrogen) atoms. The number of fused-ring (bicyclic) bond motifs is 1. The van der Waals surface area contributed by atoms with E-state index in [0.29, 0.717) is 11.4 Å². The van der Waals surface area contributed by atoms with Gasteiger partial charge in [-0.05, 0) is 30.5 Å². The first-order valence-corrected chi connectivity index (χ1v) is 7.84. The molecule has 4 heteroatoms. The second kappa shape index (κ2) is 5.89. The predicted octanol–water partition coefficient (Wildman–Crippen LogP) is 3.70. The Morgan fingerprint density at radius 2 is 1.91 bits per heavy atom. The van der Waals surface area contributed by atoms with Gasteiger partial charge >= 0.3 is 0 Å². The van der Waals surface area contributed by atoms with Gasteiger partial charge in [0.25, 0.3) is 0 Å². The van der Waals surface area contributed by atoms with E-state index in [4.69, 9.17) is 22.9 Å². The summed E-state index contributed by atoms with van der Waals surface area (Å²) in [5.41, 5.74) is 12.3. The predicted molar refractivity (Wildman–Crippen MR) is 95.2 cm³/mol. The third-order valence-corrected chi connectivity index (χ3v) is 3.99. The number of imidazole rings is 1.